The first kappa shape index (κ1) is 21.3. The van der Waals surface area contributed by atoms with Crippen LogP contribution in [0.3, 0.4) is 0 Å². The van der Waals surface area contributed by atoms with E-state index in [0.717, 1.165) is 39.1 Å². The van der Waals surface area contributed by atoms with E-state index in [1.54, 1.807) is 24.5 Å². The van der Waals surface area contributed by atoms with Gasteiger partial charge in [0, 0.05) is 47.3 Å². The zero-order chi connectivity index (χ0) is 23.9. The number of hydrogen-bond acceptors (Lipinski definition) is 4. The van der Waals surface area contributed by atoms with E-state index < -0.39 is 5.92 Å². The molecule has 0 saturated heterocycles. The zero-order valence-electron chi connectivity index (χ0n) is 18.8. The van der Waals surface area contributed by atoms with Crippen molar-refractivity contribution in [1.82, 2.24) is 14.5 Å². The molecule has 0 bridgehead atoms. The van der Waals surface area contributed by atoms with E-state index in [1.165, 1.54) is 0 Å². The van der Waals surface area contributed by atoms with E-state index in [0.29, 0.717) is 16.4 Å². The van der Waals surface area contributed by atoms with Crippen molar-refractivity contribution in [3.63, 3.8) is 0 Å². The fourth-order valence-electron chi connectivity index (χ4n) is 4.50. The Kier molecular flexibility index (Phi) is 5.16. The fraction of sp³-hybridized carbons (Fsp3) is 0.0714. The number of aromatic nitrogens is 3. The molecule has 1 N–H and O–H groups in total. The molecular formula is C28H20ClN5O. The van der Waals surface area contributed by atoms with Crippen molar-refractivity contribution in [2.75, 3.05) is 5.32 Å². The van der Waals surface area contributed by atoms with E-state index >= 15 is 0 Å². The number of benzene rings is 3. The van der Waals surface area contributed by atoms with E-state index in [2.05, 4.69) is 15.3 Å². The number of nitrogens with zero attached hydrogens (tertiary/aromatic N) is 4. The molecule has 1 atom stereocenters. The molecule has 6 rings (SSSR count). The molecule has 3 aromatic carbocycles. The zero-order valence-corrected chi connectivity index (χ0v) is 19.6. The SMILES string of the molecule is Cn1ccnc1-c1ccc(N=C(c2ccc3cccnc3c2)C2C(=O)Nc3cc(Cl)ccc32)cc1. The van der Waals surface area contributed by atoms with Crippen molar-refractivity contribution in [2.24, 2.45) is 12.0 Å². The van der Waals surface area contributed by atoms with Crippen LogP contribution in [0, 0.1) is 0 Å². The van der Waals surface area contributed by atoms with Gasteiger partial charge in [-0.3, -0.25) is 14.8 Å². The van der Waals surface area contributed by atoms with Crippen molar-refractivity contribution in [1.29, 1.82) is 0 Å². The standard InChI is InChI=1S/C28H20ClN5O/c1-34-14-13-31-27(34)18-6-9-21(10-7-18)32-26(19-5-4-17-3-2-12-30-23(17)15-19)25-22-11-8-20(29)16-24(22)33-28(25)35/h2-16,25H,1H3,(H,33,35). The maximum atomic E-state index is 13.2. The van der Waals surface area contributed by atoms with E-state index in [1.807, 2.05) is 78.5 Å². The van der Waals surface area contributed by atoms with Crippen LogP contribution in [-0.4, -0.2) is 26.2 Å². The minimum Gasteiger partial charge on any atom is -0.334 e. The van der Waals surface area contributed by atoms with Crippen LogP contribution < -0.4 is 5.32 Å². The van der Waals surface area contributed by atoms with Crippen LogP contribution in [0.25, 0.3) is 22.3 Å². The van der Waals surface area contributed by atoms with E-state index in [4.69, 9.17) is 16.6 Å². The molecule has 1 unspecified atom stereocenters. The number of nitrogens with one attached hydrogen (secondary N) is 1. The summed E-state index contributed by atoms with van der Waals surface area (Å²) >= 11 is 6.18. The van der Waals surface area contributed by atoms with Gasteiger partial charge < -0.3 is 9.88 Å². The number of rotatable bonds is 4. The number of amides is 1. The summed E-state index contributed by atoms with van der Waals surface area (Å²) in [6.45, 7) is 0. The van der Waals surface area contributed by atoms with Crippen LogP contribution in [0.4, 0.5) is 11.4 Å². The average Bonchev–Trinajstić information content (AvgIpc) is 3.44. The van der Waals surface area contributed by atoms with Crippen molar-refractivity contribution in [3.8, 4) is 11.4 Å². The lowest BCUT2D eigenvalue weighted by Gasteiger charge is -2.15. The van der Waals surface area contributed by atoms with Gasteiger partial charge >= 0.3 is 0 Å². The molecule has 2 aromatic heterocycles. The van der Waals surface area contributed by atoms with Gasteiger partial charge in [-0.15, -0.1) is 0 Å². The van der Waals surface area contributed by atoms with Crippen LogP contribution in [-0.2, 0) is 11.8 Å². The Bertz CT molecular complexity index is 1620. The van der Waals surface area contributed by atoms with Crippen LogP contribution >= 0.6 is 11.6 Å². The summed E-state index contributed by atoms with van der Waals surface area (Å²) in [6, 6.07) is 23.2. The summed E-state index contributed by atoms with van der Waals surface area (Å²) in [7, 11) is 1.96. The minimum absolute atomic E-state index is 0.133. The van der Waals surface area contributed by atoms with Gasteiger partial charge in [-0.05, 0) is 59.7 Å². The van der Waals surface area contributed by atoms with Crippen LogP contribution in [0.5, 0.6) is 0 Å². The largest absolute Gasteiger partial charge is 0.334 e. The van der Waals surface area contributed by atoms with Gasteiger partial charge in [-0.25, -0.2) is 4.98 Å². The normalized spacial score (nSPS) is 15.3. The van der Waals surface area contributed by atoms with Crippen molar-refractivity contribution >= 4 is 45.5 Å². The lowest BCUT2D eigenvalue weighted by molar-refractivity contribution is -0.115. The monoisotopic (exact) mass is 477 g/mol. The Labute approximate surface area is 207 Å². The Balaban J connectivity index is 1.49. The maximum absolute atomic E-state index is 13.2. The first-order valence-electron chi connectivity index (χ1n) is 11.2. The van der Waals surface area contributed by atoms with Crippen LogP contribution in [0.15, 0.2) is 96.4 Å². The van der Waals surface area contributed by atoms with Gasteiger partial charge in [0.05, 0.1) is 16.9 Å². The van der Waals surface area contributed by atoms with E-state index in [9.17, 15) is 4.79 Å². The molecule has 1 amide bonds. The van der Waals surface area contributed by atoms with Gasteiger partial charge in [-0.1, -0.05) is 35.9 Å². The number of anilines is 1. The molecule has 0 aliphatic carbocycles. The van der Waals surface area contributed by atoms with Gasteiger partial charge in [-0.2, -0.15) is 0 Å². The molecule has 0 spiro atoms. The molecule has 0 radical (unpaired) electrons. The summed E-state index contributed by atoms with van der Waals surface area (Å²) in [4.78, 5) is 27.1. The lowest BCUT2D eigenvalue weighted by atomic mass is 9.90. The molecule has 6 nitrogen and oxygen atoms in total. The van der Waals surface area contributed by atoms with Gasteiger partial charge in [0.1, 0.15) is 11.7 Å². The summed E-state index contributed by atoms with van der Waals surface area (Å²) in [5, 5.41) is 4.56. The number of hydrogen-bond donors (Lipinski definition) is 1. The van der Waals surface area contributed by atoms with E-state index in [-0.39, 0.29) is 5.91 Å². The number of carbonyl (C=O) groups excluding carboxylic acids is 1. The molecular weight excluding hydrogens is 458 g/mol. The molecule has 5 aromatic rings. The second-order valence-electron chi connectivity index (χ2n) is 8.47. The highest BCUT2D eigenvalue weighted by molar-refractivity contribution is 6.31. The quantitative estimate of drug-likeness (QED) is 0.316. The summed E-state index contributed by atoms with van der Waals surface area (Å²) in [6.07, 6.45) is 5.45. The molecule has 170 valence electrons. The molecule has 0 saturated carbocycles. The third-order valence-electron chi connectivity index (χ3n) is 6.22. The molecule has 3 heterocycles. The highest BCUT2D eigenvalue weighted by atomic mass is 35.5. The van der Waals surface area contributed by atoms with Crippen molar-refractivity contribution in [2.45, 2.75) is 5.92 Å². The number of halogens is 1. The second-order valence-corrected chi connectivity index (χ2v) is 8.91. The summed E-state index contributed by atoms with van der Waals surface area (Å²) < 4.78 is 1.97. The Hall–Kier alpha value is -4.29. The minimum atomic E-state index is -0.572. The van der Waals surface area contributed by atoms with Crippen molar-refractivity contribution < 1.29 is 4.79 Å². The summed E-state index contributed by atoms with van der Waals surface area (Å²) in [5.74, 6) is 0.173. The Morgan fingerprint density at radius 1 is 1.00 bits per heavy atom. The second kappa shape index (κ2) is 8.49. The molecule has 35 heavy (non-hydrogen) atoms. The van der Waals surface area contributed by atoms with Gasteiger partial charge in [0.25, 0.3) is 0 Å². The van der Waals surface area contributed by atoms with Crippen LogP contribution in [0.1, 0.15) is 17.0 Å². The van der Waals surface area contributed by atoms with Crippen LogP contribution in [0.2, 0.25) is 5.02 Å². The lowest BCUT2D eigenvalue weighted by Crippen LogP contribution is -2.22. The smallest absolute Gasteiger partial charge is 0.238 e. The predicted octanol–water partition coefficient (Wildman–Crippen LogP) is 6.15. The molecule has 1 aliphatic heterocycles. The highest BCUT2D eigenvalue weighted by Gasteiger charge is 2.35. The molecule has 1 aliphatic rings. The first-order valence-corrected chi connectivity index (χ1v) is 11.6. The highest BCUT2D eigenvalue weighted by Crippen LogP contribution is 2.38. The number of aryl methyl sites for hydroxylation is 1. The maximum Gasteiger partial charge on any atom is 0.238 e. The first-order chi connectivity index (χ1) is 17.1. The number of fused-ring (bicyclic) bond motifs is 2. The Morgan fingerprint density at radius 2 is 1.86 bits per heavy atom. The number of imidazole rings is 1. The molecule has 0 fully saturated rings. The third-order valence-corrected chi connectivity index (χ3v) is 6.45. The van der Waals surface area contributed by atoms with Crippen molar-refractivity contribution in [3.05, 3.63) is 108 Å². The summed E-state index contributed by atoms with van der Waals surface area (Å²) in [5.41, 5.74) is 5.64. The number of aliphatic imine (C=N–C) groups is 1. The van der Waals surface area contributed by atoms with Gasteiger partial charge in [0.2, 0.25) is 5.91 Å². The number of carbonyl (C=O) groups is 1. The molecule has 7 heteroatoms. The predicted molar refractivity (Wildman–Crippen MR) is 139 cm³/mol. The third kappa shape index (κ3) is 3.88. The van der Waals surface area contributed by atoms with Gasteiger partial charge in [0.15, 0.2) is 0 Å². The fourth-order valence-corrected chi connectivity index (χ4v) is 4.67. The Morgan fingerprint density at radius 3 is 2.66 bits per heavy atom. The number of pyridine rings is 1. The topological polar surface area (TPSA) is 72.2 Å². The average molecular weight is 478 g/mol.